The molecule has 8 nitrogen and oxygen atoms in total. The highest BCUT2D eigenvalue weighted by Crippen LogP contribution is 2.30. The fourth-order valence-electron chi connectivity index (χ4n) is 5.82. The molecule has 40 heavy (non-hydrogen) atoms. The summed E-state index contributed by atoms with van der Waals surface area (Å²) in [4.78, 5) is 19.7. The zero-order chi connectivity index (χ0) is 27.3. The number of amides is 1. The highest BCUT2D eigenvalue weighted by Gasteiger charge is 2.26. The van der Waals surface area contributed by atoms with Crippen LogP contribution in [-0.2, 0) is 11.2 Å². The third-order valence-corrected chi connectivity index (χ3v) is 7.77. The number of ether oxygens (including phenoxy) is 1. The summed E-state index contributed by atoms with van der Waals surface area (Å²) < 4.78 is 11.8. The fraction of sp³-hybridized carbons (Fsp3) is 0.375. The van der Waals surface area contributed by atoms with Crippen LogP contribution in [0.1, 0.15) is 36.4 Å². The summed E-state index contributed by atoms with van der Waals surface area (Å²) in [5, 5.41) is 17.4. The van der Waals surface area contributed by atoms with E-state index in [2.05, 4.69) is 38.7 Å². The van der Waals surface area contributed by atoms with E-state index < -0.39 is 6.10 Å². The van der Waals surface area contributed by atoms with Crippen molar-refractivity contribution in [3.05, 3.63) is 83.9 Å². The first-order chi connectivity index (χ1) is 19.6. The number of aromatic nitrogens is 1. The van der Waals surface area contributed by atoms with Gasteiger partial charge in [0.15, 0.2) is 5.58 Å². The van der Waals surface area contributed by atoms with Gasteiger partial charge < -0.3 is 24.9 Å². The molecule has 1 aliphatic carbocycles. The second-order valence-electron chi connectivity index (χ2n) is 10.8. The summed E-state index contributed by atoms with van der Waals surface area (Å²) >= 11 is 0. The number of carbonyl (C=O) groups is 1. The second-order valence-corrected chi connectivity index (χ2v) is 10.8. The van der Waals surface area contributed by atoms with Gasteiger partial charge in [0.1, 0.15) is 24.0 Å². The number of hydrogen-bond donors (Lipinski definition) is 3. The summed E-state index contributed by atoms with van der Waals surface area (Å²) in [5.74, 6) is 1.28. The lowest BCUT2D eigenvalue weighted by Crippen LogP contribution is -2.54. The first kappa shape index (κ1) is 26.5. The van der Waals surface area contributed by atoms with Gasteiger partial charge >= 0.3 is 0 Å². The minimum absolute atomic E-state index is 0.0501. The third-order valence-electron chi connectivity index (χ3n) is 7.77. The Balaban J connectivity index is 0.975. The number of hydrogen-bond acceptors (Lipinski definition) is 7. The molecule has 1 saturated heterocycles. The van der Waals surface area contributed by atoms with Gasteiger partial charge in [-0.15, -0.1) is 0 Å². The number of fused-ring (bicyclic) bond motifs is 2. The van der Waals surface area contributed by atoms with Crippen LogP contribution in [0, 0.1) is 0 Å². The van der Waals surface area contributed by atoms with Crippen molar-refractivity contribution in [2.75, 3.05) is 32.8 Å². The van der Waals surface area contributed by atoms with E-state index in [0.717, 1.165) is 37.9 Å². The first-order valence-corrected chi connectivity index (χ1v) is 14.2. The topological polar surface area (TPSA) is 99.9 Å². The molecule has 208 valence electrons. The molecule has 0 radical (unpaired) electrons. The van der Waals surface area contributed by atoms with Gasteiger partial charge in [0, 0.05) is 50.3 Å². The number of β-amino-alcohol motifs (C(OH)–C–C–N with tert-alkyl or cyclic N) is 1. The normalized spacial score (nSPS) is 20.1. The Morgan fingerprint density at radius 2 is 2.00 bits per heavy atom. The van der Waals surface area contributed by atoms with Crippen molar-refractivity contribution in [2.24, 2.45) is 0 Å². The van der Waals surface area contributed by atoms with Crippen LogP contribution in [0.5, 0.6) is 5.75 Å². The molecule has 2 aliphatic rings. The summed E-state index contributed by atoms with van der Waals surface area (Å²) in [5.41, 5.74) is 4.92. The second kappa shape index (κ2) is 12.2. The molecule has 0 saturated carbocycles. The Hall–Kier alpha value is -3.72. The molecule has 0 bridgehead atoms. The molecule has 3 N–H and O–H groups in total. The molecule has 1 aliphatic heterocycles. The quantitative estimate of drug-likeness (QED) is 0.294. The molecule has 1 aromatic heterocycles. The summed E-state index contributed by atoms with van der Waals surface area (Å²) in [6.45, 7) is 2.97. The molecular weight excluding hydrogens is 504 g/mol. The van der Waals surface area contributed by atoms with E-state index in [9.17, 15) is 9.90 Å². The van der Waals surface area contributed by atoms with Crippen LogP contribution in [0.2, 0.25) is 0 Å². The van der Waals surface area contributed by atoms with E-state index in [1.165, 1.54) is 11.1 Å². The first-order valence-electron chi connectivity index (χ1n) is 14.2. The van der Waals surface area contributed by atoms with E-state index in [4.69, 9.17) is 9.15 Å². The molecule has 1 fully saturated rings. The third kappa shape index (κ3) is 6.36. The minimum atomic E-state index is -0.654. The maximum absolute atomic E-state index is 12.9. The predicted octanol–water partition coefficient (Wildman–Crippen LogP) is 4.09. The Morgan fingerprint density at radius 1 is 1.15 bits per heavy atom. The largest absolute Gasteiger partial charge is 0.491 e. The van der Waals surface area contributed by atoms with Crippen LogP contribution in [0.25, 0.3) is 22.6 Å². The zero-order valence-corrected chi connectivity index (χ0v) is 22.6. The van der Waals surface area contributed by atoms with Gasteiger partial charge in [-0.25, -0.2) is 4.98 Å². The number of benzene rings is 3. The number of nitrogens with one attached hydrogen (secondary N) is 2. The van der Waals surface area contributed by atoms with Gasteiger partial charge in [0.25, 0.3) is 0 Å². The average Bonchev–Trinajstić information content (AvgIpc) is 3.41. The van der Waals surface area contributed by atoms with Crippen molar-refractivity contribution >= 4 is 17.0 Å². The molecule has 3 atom stereocenters. The van der Waals surface area contributed by atoms with Gasteiger partial charge in [-0.1, -0.05) is 42.5 Å². The van der Waals surface area contributed by atoms with Gasteiger partial charge in [0.2, 0.25) is 11.8 Å². The molecule has 2 heterocycles. The van der Waals surface area contributed by atoms with E-state index >= 15 is 0 Å². The van der Waals surface area contributed by atoms with Gasteiger partial charge in [-0.3, -0.25) is 9.69 Å². The van der Waals surface area contributed by atoms with Crippen molar-refractivity contribution in [3.8, 4) is 17.2 Å². The average molecular weight is 541 g/mol. The van der Waals surface area contributed by atoms with Crippen LogP contribution in [0.3, 0.4) is 0 Å². The van der Waals surface area contributed by atoms with Gasteiger partial charge in [-0.2, -0.15) is 0 Å². The molecule has 6 rings (SSSR count). The van der Waals surface area contributed by atoms with Crippen LogP contribution in [0.4, 0.5) is 0 Å². The van der Waals surface area contributed by atoms with E-state index in [-0.39, 0.29) is 24.6 Å². The van der Waals surface area contributed by atoms with Gasteiger partial charge in [0.05, 0.1) is 6.04 Å². The number of aryl methyl sites for hydroxylation is 1. The fourth-order valence-corrected chi connectivity index (χ4v) is 5.82. The van der Waals surface area contributed by atoms with Crippen molar-refractivity contribution in [1.82, 2.24) is 20.5 Å². The predicted molar refractivity (Wildman–Crippen MR) is 154 cm³/mol. The molecular formula is C32H36N4O4. The standard InChI is InChI=1S/C32H36N4O4/c37-25(21-39-26-13-14-30-29(18-26)35-32(40-30)23-8-2-1-3-9-23)20-36-16-15-33-24(19-36)17-31(38)34-28-12-6-10-22-7-4-5-11-27(22)28/h1-5,7-9,11,13-14,18,24-25,28,33,37H,6,10,12,15-17,19-21H2,(H,34,38). The Labute approximate surface area is 234 Å². The van der Waals surface area contributed by atoms with E-state index in [1.54, 1.807) is 0 Å². The van der Waals surface area contributed by atoms with Gasteiger partial charge in [-0.05, 0) is 54.7 Å². The summed E-state index contributed by atoms with van der Waals surface area (Å²) in [7, 11) is 0. The molecule has 1 amide bonds. The number of carbonyl (C=O) groups excluding carboxylic acids is 1. The summed E-state index contributed by atoms with van der Waals surface area (Å²) in [6.07, 6.45) is 2.93. The summed E-state index contributed by atoms with van der Waals surface area (Å²) in [6, 6.07) is 23.8. The minimum Gasteiger partial charge on any atom is -0.491 e. The Morgan fingerprint density at radius 3 is 2.90 bits per heavy atom. The maximum atomic E-state index is 12.9. The highest BCUT2D eigenvalue weighted by atomic mass is 16.5. The van der Waals surface area contributed by atoms with Crippen LogP contribution < -0.4 is 15.4 Å². The number of rotatable bonds is 9. The highest BCUT2D eigenvalue weighted by molar-refractivity contribution is 5.78. The number of aliphatic hydroxyl groups is 1. The van der Waals surface area contributed by atoms with E-state index in [0.29, 0.717) is 42.3 Å². The lowest BCUT2D eigenvalue weighted by molar-refractivity contribution is -0.122. The lowest BCUT2D eigenvalue weighted by Gasteiger charge is -2.35. The van der Waals surface area contributed by atoms with Crippen molar-refractivity contribution < 1.29 is 19.1 Å². The lowest BCUT2D eigenvalue weighted by atomic mass is 9.87. The van der Waals surface area contributed by atoms with Crippen LogP contribution in [-0.4, -0.2) is 65.8 Å². The van der Waals surface area contributed by atoms with Crippen LogP contribution in [0.15, 0.2) is 77.2 Å². The smallest absolute Gasteiger partial charge is 0.227 e. The van der Waals surface area contributed by atoms with E-state index in [1.807, 2.05) is 54.6 Å². The number of oxazole rings is 1. The number of nitrogens with zero attached hydrogens (tertiary/aromatic N) is 2. The number of aliphatic hydroxyl groups excluding tert-OH is 1. The molecule has 3 aromatic carbocycles. The van der Waals surface area contributed by atoms with Crippen molar-refractivity contribution in [2.45, 2.75) is 43.9 Å². The molecule has 0 spiro atoms. The van der Waals surface area contributed by atoms with Crippen molar-refractivity contribution in [3.63, 3.8) is 0 Å². The monoisotopic (exact) mass is 540 g/mol. The number of piperazine rings is 1. The molecule has 4 aromatic rings. The molecule has 8 heteroatoms. The Bertz CT molecular complexity index is 1440. The zero-order valence-electron chi connectivity index (χ0n) is 22.6. The van der Waals surface area contributed by atoms with Crippen LogP contribution >= 0.6 is 0 Å². The molecule has 3 unspecified atom stereocenters. The van der Waals surface area contributed by atoms with Crippen molar-refractivity contribution in [1.29, 1.82) is 0 Å². The maximum Gasteiger partial charge on any atom is 0.227 e. The Kier molecular flexibility index (Phi) is 8.09. The SMILES string of the molecule is O=C(CC1CN(CC(O)COc2ccc3oc(-c4ccccc4)nc3c2)CCN1)NC1CCCc2ccccc21.